The molecular weight excluding hydrogens is 312 g/mol. The molecule has 24 heavy (non-hydrogen) atoms. The maximum absolute atomic E-state index is 13.3. The van der Waals surface area contributed by atoms with Gasteiger partial charge >= 0.3 is 0 Å². The molecule has 5 nitrogen and oxygen atoms in total. The number of aromatic amines is 1. The maximum atomic E-state index is 13.3. The SMILES string of the molecule is Cc1cccc2[nH]c(CNc3cnc4cc(F)c(F)cc4n3)nc12. The quantitative estimate of drug-likeness (QED) is 0.603. The standard InChI is InChI=1S/C17H13F2N5/c1-9-3-2-4-12-17(9)24-16(22-12)8-21-15-7-20-13-5-10(18)11(19)6-14(13)23-15/h2-7H,8H2,1H3,(H,21,23)(H,22,24). The van der Waals surface area contributed by atoms with Crippen molar-refractivity contribution < 1.29 is 8.78 Å². The van der Waals surface area contributed by atoms with Crippen LogP contribution in [0.4, 0.5) is 14.6 Å². The van der Waals surface area contributed by atoms with Gasteiger partial charge in [0.1, 0.15) is 11.6 Å². The van der Waals surface area contributed by atoms with Gasteiger partial charge in [-0.3, -0.25) is 4.98 Å². The van der Waals surface area contributed by atoms with Crippen molar-refractivity contribution in [1.29, 1.82) is 0 Å². The zero-order valence-electron chi connectivity index (χ0n) is 12.8. The van der Waals surface area contributed by atoms with Crippen LogP contribution >= 0.6 is 0 Å². The third-order valence-electron chi connectivity index (χ3n) is 3.78. The molecule has 0 radical (unpaired) electrons. The molecule has 0 aliphatic heterocycles. The second-order valence-corrected chi connectivity index (χ2v) is 5.52. The lowest BCUT2D eigenvalue weighted by atomic mass is 10.2. The molecule has 0 fully saturated rings. The molecule has 0 spiro atoms. The zero-order valence-corrected chi connectivity index (χ0v) is 12.8. The molecule has 4 rings (SSSR count). The number of H-pyrrole nitrogens is 1. The van der Waals surface area contributed by atoms with Crippen molar-refractivity contribution in [3.05, 3.63) is 59.6 Å². The Kier molecular flexibility index (Phi) is 3.34. The van der Waals surface area contributed by atoms with E-state index in [4.69, 9.17) is 0 Å². The summed E-state index contributed by atoms with van der Waals surface area (Å²) in [6.07, 6.45) is 1.48. The minimum absolute atomic E-state index is 0.291. The van der Waals surface area contributed by atoms with Gasteiger partial charge in [0.15, 0.2) is 11.6 Å². The number of hydrogen-bond acceptors (Lipinski definition) is 4. The molecule has 2 N–H and O–H groups in total. The lowest BCUT2D eigenvalue weighted by Crippen LogP contribution is -2.04. The molecule has 0 bridgehead atoms. The van der Waals surface area contributed by atoms with Gasteiger partial charge in [-0.05, 0) is 18.6 Å². The van der Waals surface area contributed by atoms with Gasteiger partial charge in [-0.2, -0.15) is 0 Å². The zero-order chi connectivity index (χ0) is 16.7. The predicted molar refractivity (Wildman–Crippen MR) is 87.6 cm³/mol. The fraction of sp³-hybridized carbons (Fsp3) is 0.118. The van der Waals surface area contributed by atoms with E-state index in [1.54, 1.807) is 0 Å². The molecule has 120 valence electrons. The Hall–Kier alpha value is -3.09. The summed E-state index contributed by atoms with van der Waals surface area (Å²) in [5.74, 6) is -0.658. The van der Waals surface area contributed by atoms with E-state index in [2.05, 4.69) is 25.3 Å². The molecule has 0 amide bonds. The van der Waals surface area contributed by atoms with Crippen LogP contribution in [0.25, 0.3) is 22.1 Å². The Morgan fingerprint density at radius 3 is 2.67 bits per heavy atom. The fourth-order valence-corrected chi connectivity index (χ4v) is 2.58. The van der Waals surface area contributed by atoms with Crippen LogP contribution in [0, 0.1) is 18.6 Å². The van der Waals surface area contributed by atoms with Gasteiger partial charge in [-0.1, -0.05) is 12.1 Å². The van der Waals surface area contributed by atoms with Gasteiger partial charge in [-0.15, -0.1) is 0 Å². The molecule has 0 aliphatic rings. The van der Waals surface area contributed by atoms with Gasteiger partial charge < -0.3 is 10.3 Å². The van der Waals surface area contributed by atoms with Crippen LogP contribution in [-0.4, -0.2) is 19.9 Å². The highest BCUT2D eigenvalue weighted by atomic mass is 19.2. The van der Waals surface area contributed by atoms with Gasteiger partial charge in [-0.25, -0.2) is 18.7 Å². The van der Waals surface area contributed by atoms with Crippen molar-refractivity contribution in [2.75, 3.05) is 5.32 Å². The first kappa shape index (κ1) is 14.5. The molecule has 2 aromatic carbocycles. The van der Waals surface area contributed by atoms with Crippen LogP contribution in [0.2, 0.25) is 0 Å². The van der Waals surface area contributed by atoms with Crippen LogP contribution in [-0.2, 0) is 6.54 Å². The van der Waals surface area contributed by atoms with Crippen LogP contribution < -0.4 is 5.32 Å². The van der Waals surface area contributed by atoms with Gasteiger partial charge in [0.25, 0.3) is 0 Å². The topological polar surface area (TPSA) is 66.5 Å². The number of halogens is 2. The maximum Gasteiger partial charge on any atom is 0.161 e. The minimum Gasteiger partial charge on any atom is -0.362 e. The highest BCUT2D eigenvalue weighted by molar-refractivity contribution is 5.78. The van der Waals surface area contributed by atoms with Gasteiger partial charge in [0.2, 0.25) is 0 Å². The summed E-state index contributed by atoms with van der Waals surface area (Å²) in [5, 5.41) is 3.08. The first-order chi connectivity index (χ1) is 11.6. The summed E-state index contributed by atoms with van der Waals surface area (Å²) in [5.41, 5.74) is 3.58. The number of para-hydroxylation sites is 1. The van der Waals surface area contributed by atoms with Crippen molar-refractivity contribution >= 4 is 27.9 Å². The molecule has 7 heteroatoms. The molecule has 0 unspecified atom stereocenters. The van der Waals surface area contributed by atoms with Crippen molar-refractivity contribution in [3.63, 3.8) is 0 Å². The average Bonchev–Trinajstić information content (AvgIpc) is 2.99. The number of nitrogens with zero attached hydrogens (tertiary/aromatic N) is 3. The smallest absolute Gasteiger partial charge is 0.161 e. The number of aromatic nitrogens is 4. The van der Waals surface area contributed by atoms with Gasteiger partial charge in [0.05, 0.1) is 34.8 Å². The molecule has 0 aliphatic carbocycles. The molecule has 2 heterocycles. The van der Waals surface area contributed by atoms with Gasteiger partial charge in [0, 0.05) is 12.1 Å². The molecule has 0 saturated heterocycles. The monoisotopic (exact) mass is 325 g/mol. The van der Waals surface area contributed by atoms with E-state index in [9.17, 15) is 8.78 Å². The number of hydrogen-bond donors (Lipinski definition) is 2. The minimum atomic E-state index is -0.943. The largest absolute Gasteiger partial charge is 0.362 e. The predicted octanol–water partition coefficient (Wildman–Crippen LogP) is 3.70. The Morgan fingerprint density at radius 1 is 1.08 bits per heavy atom. The summed E-state index contributed by atoms with van der Waals surface area (Å²) in [6, 6.07) is 8.00. The van der Waals surface area contributed by atoms with E-state index in [0.29, 0.717) is 23.4 Å². The summed E-state index contributed by atoms with van der Waals surface area (Å²) >= 11 is 0. The van der Waals surface area contributed by atoms with E-state index >= 15 is 0 Å². The number of aryl methyl sites for hydroxylation is 1. The number of anilines is 1. The fourth-order valence-electron chi connectivity index (χ4n) is 2.58. The van der Waals surface area contributed by atoms with Crippen molar-refractivity contribution in [2.45, 2.75) is 13.5 Å². The Balaban J connectivity index is 1.59. The Morgan fingerprint density at radius 2 is 1.88 bits per heavy atom. The number of fused-ring (bicyclic) bond motifs is 2. The van der Waals surface area contributed by atoms with Crippen LogP contribution in [0.5, 0.6) is 0 Å². The highest BCUT2D eigenvalue weighted by Gasteiger charge is 2.08. The first-order valence-corrected chi connectivity index (χ1v) is 7.40. The van der Waals surface area contributed by atoms with Crippen LogP contribution in [0.1, 0.15) is 11.4 Å². The third kappa shape index (κ3) is 2.54. The molecular formula is C17H13F2N5. The van der Waals surface area contributed by atoms with E-state index in [1.807, 2.05) is 25.1 Å². The molecule has 0 atom stereocenters. The Labute approximate surface area is 135 Å². The lowest BCUT2D eigenvalue weighted by molar-refractivity contribution is 0.510. The summed E-state index contributed by atoms with van der Waals surface area (Å²) < 4.78 is 26.5. The van der Waals surface area contributed by atoms with Crippen molar-refractivity contribution in [1.82, 2.24) is 19.9 Å². The average molecular weight is 325 g/mol. The Bertz CT molecular complexity index is 1060. The number of imidazole rings is 1. The normalized spacial score (nSPS) is 11.3. The highest BCUT2D eigenvalue weighted by Crippen LogP contribution is 2.18. The first-order valence-electron chi connectivity index (χ1n) is 7.40. The summed E-state index contributed by atoms with van der Waals surface area (Å²) in [7, 11) is 0. The van der Waals surface area contributed by atoms with Crippen LogP contribution in [0.3, 0.4) is 0 Å². The number of nitrogens with one attached hydrogen (secondary N) is 2. The third-order valence-corrected chi connectivity index (χ3v) is 3.78. The summed E-state index contributed by atoms with van der Waals surface area (Å²) in [6.45, 7) is 2.42. The van der Waals surface area contributed by atoms with Crippen molar-refractivity contribution in [3.8, 4) is 0 Å². The van der Waals surface area contributed by atoms with E-state index in [0.717, 1.165) is 34.6 Å². The van der Waals surface area contributed by atoms with E-state index in [1.165, 1.54) is 6.20 Å². The second kappa shape index (κ2) is 5.52. The van der Waals surface area contributed by atoms with Crippen molar-refractivity contribution in [2.24, 2.45) is 0 Å². The van der Waals surface area contributed by atoms with Crippen LogP contribution in [0.15, 0.2) is 36.5 Å². The number of rotatable bonds is 3. The molecule has 0 saturated carbocycles. The second-order valence-electron chi connectivity index (χ2n) is 5.52. The summed E-state index contributed by atoms with van der Waals surface area (Å²) in [4.78, 5) is 16.1. The lowest BCUT2D eigenvalue weighted by Gasteiger charge is -2.05. The number of benzene rings is 2. The molecule has 4 aromatic rings. The molecule has 2 aromatic heterocycles. The van der Waals surface area contributed by atoms with E-state index < -0.39 is 11.6 Å². The van der Waals surface area contributed by atoms with E-state index in [-0.39, 0.29) is 0 Å².